The summed E-state index contributed by atoms with van der Waals surface area (Å²) in [5, 5.41) is 0. The maximum atomic E-state index is 12.9. The monoisotopic (exact) mass is 1080 g/mol. The van der Waals surface area contributed by atoms with E-state index in [1.54, 1.807) is 0 Å². The van der Waals surface area contributed by atoms with Crippen molar-refractivity contribution in [3.05, 3.63) is 134 Å². The van der Waals surface area contributed by atoms with Gasteiger partial charge in [-0.2, -0.15) is 0 Å². The fraction of sp³-hybridized carbons (Fsp3) is 0.653. The van der Waals surface area contributed by atoms with E-state index >= 15 is 0 Å². The summed E-state index contributed by atoms with van der Waals surface area (Å²) in [4.78, 5) is 38.3. The molecule has 1 atom stereocenters. The molecule has 6 nitrogen and oxygen atoms in total. The fourth-order valence-electron chi connectivity index (χ4n) is 8.59. The van der Waals surface area contributed by atoms with Crippen molar-refractivity contribution in [2.24, 2.45) is 0 Å². The molecule has 0 aromatic carbocycles. The lowest BCUT2D eigenvalue weighted by Crippen LogP contribution is -2.30. The van der Waals surface area contributed by atoms with Crippen LogP contribution < -0.4 is 0 Å². The lowest BCUT2D eigenvalue weighted by atomic mass is 10.0. The second-order valence-corrected chi connectivity index (χ2v) is 20.9. The first kappa shape index (κ1) is 73.5. The van der Waals surface area contributed by atoms with Crippen LogP contribution in [0.5, 0.6) is 0 Å². The smallest absolute Gasteiger partial charge is 0.306 e. The zero-order chi connectivity index (χ0) is 56.4. The fourth-order valence-corrected chi connectivity index (χ4v) is 8.59. The number of rotatable bonds is 57. The summed E-state index contributed by atoms with van der Waals surface area (Å²) in [6, 6.07) is 0. The molecule has 0 N–H and O–H groups in total. The molecule has 442 valence electrons. The quantitative estimate of drug-likeness (QED) is 0.0261. The topological polar surface area (TPSA) is 78.9 Å². The van der Waals surface area contributed by atoms with Crippen LogP contribution in [0.25, 0.3) is 0 Å². The van der Waals surface area contributed by atoms with E-state index in [0.717, 1.165) is 154 Å². The maximum Gasteiger partial charge on any atom is 0.306 e. The second-order valence-electron chi connectivity index (χ2n) is 20.9. The van der Waals surface area contributed by atoms with Crippen molar-refractivity contribution in [1.82, 2.24) is 0 Å². The Balaban J connectivity index is 4.32. The third kappa shape index (κ3) is 62.4. The zero-order valence-electron chi connectivity index (χ0n) is 50.6. The van der Waals surface area contributed by atoms with Crippen LogP contribution in [-0.2, 0) is 28.6 Å². The Kier molecular flexibility index (Phi) is 61.4. The number of hydrogen-bond donors (Lipinski definition) is 0. The van der Waals surface area contributed by atoms with Gasteiger partial charge >= 0.3 is 17.9 Å². The number of unbranched alkanes of at least 4 members (excludes halogenated alkanes) is 24. The predicted octanol–water partition coefficient (Wildman–Crippen LogP) is 22.2. The number of hydrogen-bond acceptors (Lipinski definition) is 6. The van der Waals surface area contributed by atoms with Gasteiger partial charge in [0.1, 0.15) is 13.2 Å². The van der Waals surface area contributed by atoms with E-state index in [0.29, 0.717) is 19.3 Å². The Hall–Kier alpha value is -4.45. The highest BCUT2D eigenvalue weighted by Crippen LogP contribution is 2.15. The van der Waals surface area contributed by atoms with Gasteiger partial charge in [0.2, 0.25) is 0 Å². The molecule has 0 saturated heterocycles. The molecule has 0 aliphatic rings. The number of carbonyl (C=O) groups excluding carboxylic acids is 3. The molecule has 0 aliphatic heterocycles. The van der Waals surface area contributed by atoms with E-state index < -0.39 is 6.10 Å². The van der Waals surface area contributed by atoms with Crippen molar-refractivity contribution in [1.29, 1.82) is 0 Å². The minimum Gasteiger partial charge on any atom is -0.462 e. The highest BCUT2D eigenvalue weighted by Gasteiger charge is 2.19. The molecule has 78 heavy (non-hydrogen) atoms. The summed E-state index contributed by atoms with van der Waals surface area (Å²) < 4.78 is 16.9. The molecule has 0 aromatic rings. The predicted molar refractivity (Wildman–Crippen MR) is 339 cm³/mol. The summed E-state index contributed by atoms with van der Waals surface area (Å²) >= 11 is 0. The van der Waals surface area contributed by atoms with Crippen molar-refractivity contribution < 1.29 is 28.6 Å². The van der Waals surface area contributed by atoms with Gasteiger partial charge in [0.05, 0.1) is 0 Å². The first-order chi connectivity index (χ1) is 38.5. The van der Waals surface area contributed by atoms with Crippen LogP contribution in [0.4, 0.5) is 0 Å². The van der Waals surface area contributed by atoms with Gasteiger partial charge in [-0.25, -0.2) is 0 Å². The van der Waals surface area contributed by atoms with Gasteiger partial charge in [-0.15, -0.1) is 0 Å². The molecule has 6 heteroatoms. The molecule has 0 fully saturated rings. The van der Waals surface area contributed by atoms with Gasteiger partial charge in [0.15, 0.2) is 6.10 Å². The Morgan fingerprint density at radius 1 is 0.269 bits per heavy atom. The molecular weight excluding hydrogens is 961 g/mol. The van der Waals surface area contributed by atoms with Crippen molar-refractivity contribution >= 4 is 17.9 Å². The highest BCUT2D eigenvalue weighted by molar-refractivity contribution is 5.71. The van der Waals surface area contributed by atoms with Crippen LogP contribution in [0.2, 0.25) is 0 Å². The van der Waals surface area contributed by atoms with Crippen LogP contribution in [0.3, 0.4) is 0 Å². The largest absolute Gasteiger partial charge is 0.462 e. The van der Waals surface area contributed by atoms with Gasteiger partial charge in [0.25, 0.3) is 0 Å². The Morgan fingerprint density at radius 3 is 0.782 bits per heavy atom. The van der Waals surface area contributed by atoms with Crippen LogP contribution in [0, 0.1) is 0 Å². The molecule has 0 bridgehead atoms. The second kappa shape index (κ2) is 65.1. The SMILES string of the molecule is CC/C=C\C/C=C\C/C=C\C/C=C\C/C=C\CCCCCCCCCCCCCCCC(=O)OCC(COC(=O)CCCCCCC/C=C\C/C=C\CCCC)OC(=O)CCCCCC/C=C\C/C=C\C/C=C\C/C=C\CC. The number of allylic oxidation sites excluding steroid dienone is 22. The van der Waals surface area contributed by atoms with Crippen molar-refractivity contribution in [2.45, 2.75) is 290 Å². The minimum absolute atomic E-state index is 0.0958. The number of esters is 3. The Bertz CT molecular complexity index is 1670. The van der Waals surface area contributed by atoms with E-state index in [1.165, 1.54) is 89.9 Å². The molecule has 0 amide bonds. The summed E-state index contributed by atoms with van der Waals surface area (Å²) in [6.45, 7) is 6.35. The molecule has 0 heterocycles. The van der Waals surface area contributed by atoms with Crippen molar-refractivity contribution in [3.8, 4) is 0 Å². The van der Waals surface area contributed by atoms with E-state index in [2.05, 4.69) is 154 Å². The number of carbonyl (C=O) groups is 3. The van der Waals surface area contributed by atoms with E-state index in [1.807, 2.05) is 0 Å². The van der Waals surface area contributed by atoms with E-state index in [4.69, 9.17) is 14.2 Å². The van der Waals surface area contributed by atoms with Gasteiger partial charge in [0, 0.05) is 19.3 Å². The van der Waals surface area contributed by atoms with E-state index in [9.17, 15) is 14.4 Å². The van der Waals surface area contributed by atoms with Crippen molar-refractivity contribution in [3.63, 3.8) is 0 Å². The lowest BCUT2D eigenvalue weighted by molar-refractivity contribution is -0.167. The van der Waals surface area contributed by atoms with Gasteiger partial charge < -0.3 is 14.2 Å². The van der Waals surface area contributed by atoms with Crippen LogP contribution in [0.15, 0.2) is 134 Å². The minimum atomic E-state index is -0.802. The molecule has 0 aliphatic carbocycles. The lowest BCUT2D eigenvalue weighted by Gasteiger charge is -2.18. The summed E-state index contributed by atoms with van der Waals surface area (Å²) in [5.41, 5.74) is 0. The summed E-state index contributed by atoms with van der Waals surface area (Å²) in [6.07, 6.45) is 91.7. The first-order valence-corrected chi connectivity index (χ1v) is 32.2. The molecule has 0 aromatic heterocycles. The van der Waals surface area contributed by atoms with Gasteiger partial charge in [-0.1, -0.05) is 270 Å². The average Bonchev–Trinajstić information content (AvgIpc) is 3.44. The van der Waals surface area contributed by atoms with Crippen molar-refractivity contribution in [2.75, 3.05) is 13.2 Å². The first-order valence-electron chi connectivity index (χ1n) is 32.2. The third-order valence-electron chi connectivity index (χ3n) is 13.4. The molecule has 0 spiro atoms. The normalized spacial score (nSPS) is 13.0. The molecule has 0 rings (SSSR count). The average molecular weight is 1080 g/mol. The summed E-state index contributed by atoms with van der Waals surface area (Å²) in [5.74, 6) is -0.933. The van der Waals surface area contributed by atoms with Crippen LogP contribution in [-0.4, -0.2) is 37.2 Å². The Labute approximate surface area is 481 Å². The van der Waals surface area contributed by atoms with Gasteiger partial charge in [-0.05, 0) is 128 Å². The van der Waals surface area contributed by atoms with Crippen LogP contribution in [0.1, 0.15) is 284 Å². The molecular formula is C72H118O6. The molecule has 1 unspecified atom stereocenters. The van der Waals surface area contributed by atoms with Crippen LogP contribution >= 0.6 is 0 Å². The third-order valence-corrected chi connectivity index (χ3v) is 13.4. The van der Waals surface area contributed by atoms with E-state index in [-0.39, 0.29) is 31.1 Å². The molecule has 0 saturated carbocycles. The number of ether oxygens (including phenoxy) is 3. The standard InChI is InChI=1S/C72H118O6/c1-4-7-10-13-16-19-22-25-28-30-31-32-33-34-35-36-37-38-39-40-41-43-44-47-50-53-56-59-62-65-71(74)77-68-69(67-76-70(73)64-61-58-55-52-49-46-27-24-21-18-15-12-9-6-3)78-72(75)66-63-60-57-54-51-48-45-42-29-26-23-20-17-14-11-8-5-2/h7-8,10-11,15-20,24-29,31-32,34-35,45,48,69H,4-6,9,12-14,21-23,30,33,36-44,46-47,49-68H2,1-3H3/b10-7-,11-8-,18-15-,19-16-,20-17-,27-24-,28-25-,29-26-,32-31-,35-34-,48-45-. The zero-order valence-corrected chi connectivity index (χ0v) is 50.6. The highest BCUT2D eigenvalue weighted by atomic mass is 16.6. The summed E-state index contributed by atoms with van der Waals surface area (Å²) in [7, 11) is 0. The molecule has 0 radical (unpaired) electrons. The maximum absolute atomic E-state index is 12.9. The van der Waals surface area contributed by atoms with Gasteiger partial charge in [-0.3, -0.25) is 14.4 Å². The Morgan fingerprint density at radius 2 is 0.500 bits per heavy atom.